The van der Waals surface area contributed by atoms with Gasteiger partial charge < -0.3 is 10.1 Å². The van der Waals surface area contributed by atoms with E-state index in [1.54, 1.807) is 19.2 Å². The number of piperidine rings is 1. The molecule has 0 radical (unpaired) electrons. The zero-order chi connectivity index (χ0) is 19.3. The lowest BCUT2D eigenvalue weighted by Crippen LogP contribution is -2.43. The Morgan fingerprint density at radius 1 is 1.15 bits per heavy atom. The Balaban J connectivity index is 1.61. The molecule has 1 aliphatic heterocycles. The summed E-state index contributed by atoms with van der Waals surface area (Å²) in [5.74, 6) is -0.121. The molecule has 0 spiro atoms. The minimum absolute atomic E-state index is 0.00820. The van der Waals surface area contributed by atoms with E-state index in [1.807, 2.05) is 30.3 Å². The molecule has 0 aromatic heterocycles. The fourth-order valence-corrected chi connectivity index (χ4v) is 4.91. The zero-order valence-electron chi connectivity index (χ0n) is 15.6. The molecule has 7 heteroatoms. The van der Waals surface area contributed by atoms with Crippen molar-refractivity contribution >= 4 is 26.7 Å². The van der Waals surface area contributed by atoms with Crippen LogP contribution in [-0.2, 0) is 19.6 Å². The summed E-state index contributed by atoms with van der Waals surface area (Å²) in [6.45, 7) is 1.93. The summed E-state index contributed by atoms with van der Waals surface area (Å²) in [5.41, 5.74) is 0. The van der Waals surface area contributed by atoms with Crippen LogP contribution < -0.4 is 5.32 Å². The highest BCUT2D eigenvalue weighted by Crippen LogP contribution is 2.26. The Morgan fingerprint density at radius 3 is 2.56 bits per heavy atom. The van der Waals surface area contributed by atoms with Crippen molar-refractivity contribution in [2.75, 3.05) is 33.4 Å². The molecule has 1 N–H and O–H groups in total. The molecule has 2 aromatic rings. The van der Waals surface area contributed by atoms with Crippen LogP contribution in [0.3, 0.4) is 0 Å². The van der Waals surface area contributed by atoms with Gasteiger partial charge in [-0.3, -0.25) is 4.79 Å². The van der Waals surface area contributed by atoms with Gasteiger partial charge in [-0.1, -0.05) is 30.3 Å². The van der Waals surface area contributed by atoms with Gasteiger partial charge in [-0.25, -0.2) is 8.42 Å². The third-order valence-electron chi connectivity index (χ3n) is 5.01. The second kappa shape index (κ2) is 8.82. The van der Waals surface area contributed by atoms with Crippen LogP contribution in [0.4, 0.5) is 0 Å². The summed E-state index contributed by atoms with van der Waals surface area (Å²) in [6.07, 6.45) is 1.86. The van der Waals surface area contributed by atoms with E-state index in [0.29, 0.717) is 44.0 Å². The average molecular weight is 391 g/mol. The highest BCUT2D eigenvalue weighted by molar-refractivity contribution is 7.89. The Labute approximate surface area is 160 Å². The molecule has 6 nitrogen and oxygen atoms in total. The zero-order valence-corrected chi connectivity index (χ0v) is 16.4. The average Bonchev–Trinajstić information content (AvgIpc) is 2.70. The second-order valence-electron chi connectivity index (χ2n) is 6.82. The van der Waals surface area contributed by atoms with E-state index in [1.165, 1.54) is 4.31 Å². The Hall–Kier alpha value is -1.96. The quantitative estimate of drug-likeness (QED) is 0.737. The molecule has 27 heavy (non-hydrogen) atoms. The van der Waals surface area contributed by atoms with Crippen LogP contribution in [-0.4, -0.2) is 52.0 Å². The number of methoxy groups -OCH3 is 1. The Kier molecular flexibility index (Phi) is 6.46. The van der Waals surface area contributed by atoms with Crippen molar-refractivity contribution in [2.24, 2.45) is 5.92 Å². The lowest BCUT2D eigenvalue weighted by atomic mass is 9.97. The minimum atomic E-state index is -3.54. The van der Waals surface area contributed by atoms with E-state index < -0.39 is 10.0 Å². The Bertz CT molecular complexity index is 890. The molecule has 0 unspecified atom stereocenters. The molecule has 0 bridgehead atoms. The third kappa shape index (κ3) is 4.66. The highest BCUT2D eigenvalue weighted by Gasteiger charge is 2.32. The van der Waals surface area contributed by atoms with Gasteiger partial charge >= 0.3 is 0 Å². The SMILES string of the molecule is COCCCNC(=O)C1CCN(S(=O)(=O)c2ccc3ccccc3c2)CC1. The maximum absolute atomic E-state index is 13.0. The van der Waals surface area contributed by atoms with Crippen LogP contribution in [0.5, 0.6) is 0 Å². The molecule has 1 aliphatic rings. The van der Waals surface area contributed by atoms with Crippen molar-refractivity contribution in [3.8, 4) is 0 Å². The monoisotopic (exact) mass is 390 g/mol. The minimum Gasteiger partial charge on any atom is -0.385 e. The van der Waals surface area contributed by atoms with Crippen LogP contribution in [0.25, 0.3) is 10.8 Å². The summed E-state index contributed by atoms with van der Waals surface area (Å²) < 4.78 is 32.4. The maximum atomic E-state index is 13.0. The molecule has 3 rings (SSSR count). The number of carbonyl (C=O) groups excluding carboxylic acids is 1. The van der Waals surface area contributed by atoms with E-state index in [4.69, 9.17) is 4.74 Å². The van der Waals surface area contributed by atoms with E-state index in [-0.39, 0.29) is 11.8 Å². The first-order valence-electron chi connectivity index (χ1n) is 9.28. The van der Waals surface area contributed by atoms with Crippen LogP contribution in [0.15, 0.2) is 47.4 Å². The molecule has 0 atom stereocenters. The molecule has 1 saturated heterocycles. The predicted molar refractivity (Wildman–Crippen MR) is 105 cm³/mol. The Morgan fingerprint density at radius 2 is 1.85 bits per heavy atom. The van der Waals surface area contributed by atoms with Gasteiger partial charge in [0, 0.05) is 39.3 Å². The number of nitrogens with one attached hydrogen (secondary N) is 1. The summed E-state index contributed by atoms with van der Waals surface area (Å²) in [4.78, 5) is 12.5. The standard InChI is InChI=1S/C20H26N2O4S/c1-26-14-4-11-21-20(23)17-9-12-22(13-10-17)27(24,25)19-8-7-16-5-2-3-6-18(16)15-19/h2-3,5-8,15,17H,4,9-14H2,1H3,(H,21,23). The van der Waals surface area contributed by atoms with Crippen LogP contribution in [0.2, 0.25) is 0 Å². The van der Waals surface area contributed by atoms with Crippen molar-refractivity contribution in [3.63, 3.8) is 0 Å². The molecule has 1 amide bonds. The number of benzene rings is 2. The summed E-state index contributed by atoms with van der Waals surface area (Å²) >= 11 is 0. The van der Waals surface area contributed by atoms with Gasteiger partial charge in [0.2, 0.25) is 15.9 Å². The van der Waals surface area contributed by atoms with Gasteiger partial charge in [0.15, 0.2) is 0 Å². The second-order valence-corrected chi connectivity index (χ2v) is 8.76. The lowest BCUT2D eigenvalue weighted by molar-refractivity contribution is -0.126. The number of fused-ring (bicyclic) bond motifs is 1. The number of carbonyl (C=O) groups is 1. The fraction of sp³-hybridized carbons (Fsp3) is 0.450. The number of ether oxygens (including phenoxy) is 1. The van der Waals surface area contributed by atoms with Crippen molar-refractivity contribution in [1.29, 1.82) is 0 Å². The first-order chi connectivity index (χ1) is 13.0. The first kappa shape index (κ1) is 19.8. The predicted octanol–water partition coefficient (Wildman–Crippen LogP) is 2.39. The van der Waals surface area contributed by atoms with Crippen molar-refractivity contribution in [3.05, 3.63) is 42.5 Å². The first-order valence-corrected chi connectivity index (χ1v) is 10.7. The topological polar surface area (TPSA) is 75.7 Å². The van der Waals surface area contributed by atoms with Gasteiger partial charge in [-0.2, -0.15) is 4.31 Å². The molecule has 1 fully saturated rings. The van der Waals surface area contributed by atoms with Gasteiger partial charge in [0.25, 0.3) is 0 Å². The van der Waals surface area contributed by atoms with Crippen molar-refractivity contribution in [2.45, 2.75) is 24.2 Å². The van der Waals surface area contributed by atoms with Crippen molar-refractivity contribution < 1.29 is 17.9 Å². The molecule has 0 aliphatic carbocycles. The molecule has 0 saturated carbocycles. The molecule has 1 heterocycles. The molecular formula is C20H26N2O4S. The van der Waals surface area contributed by atoms with E-state index in [0.717, 1.165) is 17.2 Å². The lowest BCUT2D eigenvalue weighted by Gasteiger charge is -2.30. The van der Waals surface area contributed by atoms with E-state index >= 15 is 0 Å². The van der Waals surface area contributed by atoms with Gasteiger partial charge in [-0.05, 0) is 42.2 Å². The van der Waals surface area contributed by atoms with Gasteiger partial charge in [0.05, 0.1) is 4.90 Å². The molecular weight excluding hydrogens is 364 g/mol. The number of sulfonamides is 1. The van der Waals surface area contributed by atoms with Crippen molar-refractivity contribution in [1.82, 2.24) is 9.62 Å². The number of nitrogens with zero attached hydrogens (tertiary/aromatic N) is 1. The normalized spacial score (nSPS) is 16.5. The molecule has 146 valence electrons. The molecule has 2 aromatic carbocycles. The third-order valence-corrected chi connectivity index (χ3v) is 6.90. The highest BCUT2D eigenvalue weighted by atomic mass is 32.2. The summed E-state index contributed by atoms with van der Waals surface area (Å²) in [5, 5.41) is 4.83. The summed E-state index contributed by atoms with van der Waals surface area (Å²) in [6, 6.07) is 12.9. The summed E-state index contributed by atoms with van der Waals surface area (Å²) in [7, 11) is -1.91. The maximum Gasteiger partial charge on any atom is 0.243 e. The number of hydrogen-bond donors (Lipinski definition) is 1. The van der Waals surface area contributed by atoms with Gasteiger partial charge in [0.1, 0.15) is 0 Å². The van der Waals surface area contributed by atoms with Gasteiger partial charge in [-0.15, -0.1) is 0 Å². The van der Waals surface area contributed by atoms with E-state index in [9.17, 15) is 13.2 Å². The number of amides is 1. The number of hydrogen-bond acceptors (Lipinski definition) is 4. The van der Waals surface area contributed by atoms with E-state index in [2.05, 4.69) is 5.32 Å². The van der Waals surface area contributed by atoms with Crippen LogP contribution >= 0.6 is 0 Å². The number of rotatable bonds is 7. The largest absolute Gasteiger partial charge is 0.385 e. The van der Waals surface area contributed by atoms with Crippen LogP contribution in [0, 0.1) is 5.92 Å². The smallest absolute Gasteiger partial charge is 0.243 e. The fourth-order valence-electron chi connectivity index (χ4n) is 3.41. The van der Waals surface area contributed by atoms with Crippen LogP contribution in [0.1, 0.15) is 19.3 Å².